The number of rotatable bonds is 6. The van der Waals surface area contributed by atoms with Crippen LogP contribution in [0.15, 0.2) is 60.1 Å². The van der Waals surface area contributed by atoms with Gasteiger partial charge in [-0.25, -0.2) is 9.97 Å². The molecule has 0 aliphatic carbocycles. The molecule has 0 bridgehead atoms. The lowest BCUT2D eigenvalue weighted by Gasteiger charge is -2.26. The SMILES string of the molecule is O=C(Nc1nccs1)c1nc(-c2ccc(CN3CCOCC3)cc2)[nH]c1-c1ccc(Cl)cc1. The number of aromatic amines is 1. The van der Waals surface area contributed by atoms with Gasteiger partial charge in [-0.15, -0.1) is 11.3 Å². The number of thiazole rings is 1. The van der Waals surface area contributed by atoms with Crippen LogP contribution < -0.4 is 5.32 Å². The fourth-order valence-corrected chi connectivity index (χ4v) is 4.38. The van der Waals surface area contributed by atoms with Crippen molar-refractivity contribution in [1.29, 1.82) is 0 Å². The number of hydrogen-bond acceptors (Lipinski definition) is 6. The third kappa shape index (κ3) is 5.15. The van der Waals surface area contributed by atoms with Crippen LogP contribution in [0.1, 0.15) is 16.1 Å². The maximum atomic E-state index is 13.0. The molecule has 1 fully saturated rings. The first kappa shape index (κ1) is 21.8. The highest BCUT2D eigenvalue weighted by molar-refractivity contribution is 7.13. The van der Waals surface area contributed by atoms with E-state index < -0.39 is 0 Å². The average molecular weight is 480 g/mol. The molecule has 2 aromatic heterocycles. The minimum atomic E-state index is -0.318. The van der Waals surface area contributed by atoms with Crippen LogP contribution in [0, 0.1) is 0 Å². The highest BCUT2D eigenvalue weighted by Gasteiger charge is 2.21. The summed E-state index contributed by atoms with van der Waals surface area (Å²) in [7, 11) is 0. The average Bonchev–Trinajstić information content (AvgIpc) is 3.51. The minimum absolute atomic E-state index is 0.305. The number of benzene rings is 2. The lowest BCUT2D eigenvalue weighted by Crippen LogP contribution is -2.35. The summed E-state index contributed by atoms with van der Waals surface area (Å²) in [5.41, 5.74) is 3.90. The molecule has 0 unspecified atom stereocenters. The van der Waals surface area contributed by atoms with E-state index >= 15 is 0 Å². The van der Waals surface area contributed by atoms with E-state index in [1.807, 2.05) is 29.6 Å². The van der Waals surface area contributed by atoms with Crippen molar-refractivity contribution < 1.29 is 9.53 Å². The first-order valence-corrected chi connectivity index (χ1v) is 11.9. The number of carbonyl (C=O) groups excluding carboxylic acids is 1. The molecule has 2 aromatic carbocycles. The molecule has 1 aliphatic heterocycles. The monoisotopic (exact) mass is 479 g/mol. The van der Waals surface area contributed by atoms with E-state index in [1.54, 1.807) is 18.3 Å². The van der Waals surface area contributed by atoms with Gasteiger partial charge in [-0.05, 0) is 17.7 Å². The standard InChI is InChI=1S/C24H22ClN5O2S/c25-19-7-5-17(6-8-19)20-21(23(31)29-24-26-9-14-33-24)28-22(27-20)18-3-1-16(2-4-18)15-30-10-12-32-13-11-30/h1-9,14H,10-13,15H2,(H,27,28)(H,26,29,31). The molecule has 0 saturated carbocycles. The number of amides is 1. The number of ether oxygens (including phenoxy) is 1. The van der Waals surface area contributed by atoms with Crippen LogP contribution in [0.5, 0.6) is 0 Å². The number of carbonyl (C=O) groups is 1. The zero-order chi connectivity index (χ0) is 22.6. The number of morpholine rings is 1. The molecule has 3 heterocycles. The second-order valence-electron chi connectivity index (χ2n) is 7.69. The maximum Gasteiger partial charge on any atom is 0.278 e. The van der Waals surface area contributed by atoms with Gasteiger partial charge in [0, 0.05) is 47.4 Å². The summed E-state index contributed by atoms with van der Waals surface area (Å²) in [5.74, 6) is 0.309. The molecule has 1 saturated heterocycles. The van der Waals surface area contributed by atoms with E-state index in [0.29, 0.717) is 27.4 Å². The van der Waals surface area contributed by atoms with Crippen LogP contribution in [0.4, 0.5) is 5.13 Å². The van der Waals surface area contributed by atoms with Crippen molar-refractivity contribution >= 4 is 34.0 Å². The molecule has 0 radical (unpaired) electrons. The van der Waals surface area contributed by atoms with E-state index in [4.69, 9.17) is 16.3 Å². The van der Waals surface area contributed by atoms with E-state index in [9.17, 15) is 4.79 Å². The predicted molar refractivity (Wildman–Crippen MR) is 131 cm³/mol. The number of nitrogens with zero attached hydrogens (tertiary/aromatic N) is 3. The summed E-state index contributed by atoms with van der Waals surface area (Å²) >= 11 is 7.42. The first-order chi connectivity index (χ1) is 16.2. The normalized spacial score (nSPS) is 14.3. The van der Waals surface area contributed by atoms with Crippen LogP contribution in [0.25, 0.3) is 22.6 Å². The molecule has 0 atom stereocenters. The van der Waals surface area contributed by atoms with E-state index in [-0.39, 0.29) is 5.91 Å². The molecule has 9 heteroatoms. The number of hydrogen-bond donors (Lipinski definition) is 2. The third-order valence-corrected chi connectivity index (χ3v) is 6.38. The zero-order valence-corrected chi connectivity index (χ0v) is 19.3. The molecule has 0 spiro atoms. The molecular weight excluding hydrogens is 458 g/mol. The summed E-state index contributed by atoms with van der Waals surface area (Å²) in [6, 6.07) is 15.6. The number of nitrogens with one attached hydrogen (secondary N) is 2. The number of aromatic nitrogens is 3. The quantitative estimate of drug-likeness (QED) is 0.409. The summed E-state index contributed by atoms with van der Waals surface area (Å²) in [6.07, 6.45) is 1.65. The van der Waals surface area contributed by atoms with Gasteiger partial charge in [0.15, 0.2) is 10.8 Å². The molecule has 7 nitrogen and oxygen atoms in total. The molecule has 1 aliphatic rings. The van der Waals surface area contributed by atoms with Crippen molar-refractivity contribution in [3.05, 3.63) is 76.4 Å². The van der Waals surface area contributed by atoms with Crippen LogP contribution in [-0.2, 0) is 11.3 Å². The smallest absolute Gasteiger partial charge is 0.278 e. The molecular formula is C24H22ClN5O2S. The van der Waals surface area contributed by atoms with Crippen LogP contribution >= 0.6 is 22.9 Å². The summed E-state index contributed by atoms with van der Waals surface area (Å²) in [4.78, 5) is 27.5. The lowest BCUT2D eigenvalue weighted by atomic mass is 10.1. The van der Waals surface area contributed by atoms with Crippen LogP contribution in [0.3, 0.4) is 0 Å². The number of anilines is 1. The van der Waals surface area contributed by atoms with Gasteiger partial charge in [0.1, 0.15) is 5.82 Å². The first-order valence-electron chi connectivity index (χ1n) is 10.6. The Balaban J connectivity index is 1.43. The molecule has 2 N–H and O–H groups in total. The van der Waals surface area contributed by atoms with Gasteiger partial charge >= 0.3 is 0 Å². The van der Waals surface area contributed by atoms with Crippen molar-refractivity contribution in [3.8, 4) is 22.6 Å². The van der Waals surface area contributed by atoms with Crippen molar-refractivity contribution in [2.75, 3.05) is 31.6 Å². The van der Waals surface area contributed by atoms with Crippen molar-refractivity contribution in [2.24, 2.45) is 0 Å². The third-order valence-electron chi connectivity index (χ3n) is 5.44. The Labute approximate surface area is 200 Å². The molecule has 5 rings (SSSR count). The molecule has 4 aromatic rings. The Morgan fingerprint density at radius 2 is 1.82 bits per heavy atom. The van der Waals surface area contributed by atoms with E-state index in [1.165, 1.54) is 16.9 Å². The summed E-state index contributed by atoms with van der Waals surface area (Å²) in [6.45, 7) is 4.34. The highest BCUT2D eigenvalue weighted by Crippen LogP contribution is 2.28. The van der Waals surface area contributed by atoms with Crippen molar-refractivity contribution in [3.63, 3.8) is 0 Å². The maximum absolute atomic E-state index is 13.0. The van der Waals surface area contributed by atoms with Gasteiger partial charge in [0.25, 0.3) is 5.91 Å². The Morgan fingerprint density at radius 3 is 2.52 bits per heavy atom. The number of halogens is 1. The van der Waals surface area contributed by atoms with E-state index in [0.717, 1.165) is 44.0 Å². The second kappa shape index (κ2) is 9.84. The van der Waals surface area contributed by atoms with Gasteiger partial charge in [0.2, 0.25) is 0 Å². The van der Waals surface area contributed by atoms with Crippen LogP contribution in [0.2, 0.25) is 5.02 Å². The van der Waals surface area contributed by atoms with Gasteiger partial charge in [0.05, 0.1) is 18.9 Å². The van der Waals surface area contributed by atoms with Crippen molar-refractivity contribution in [2.45, 2.75) is 6.54 Å². The Kier molecular flexibility index (Phi) is 6.50. The summed E-state index contributed by atoms with van der Waals surface area (Å²) < 4.78 is 5.43. The number of H-pyrrole nitrogens is 1. The second-order valence-corrected chi connectivity index (χ2v) is 9.02. The molecule has 33 heavy (non-hydrogen) atoms. The molecule has 1 amide bonds. The fraction of sp³-hybridized carbons (Fsp3) is 0.208. The zero-order valence-electron chi connectivity index (χ0n) is 17.8. The van der Waals surface area contributed by atoms with Crippen LogP contribution in [-0.4, -0.2) is 52.1 Å². The van der Waals surface area contributed by atoms with Crippen molar-refractivity contribution in [1.82, 2.24) is 19.9 Å². The highest BCUT2D eigenvalue weighted by atomic mass is 35.5. The topological polar surface area (TPSA) is 83.1 Å². The summed E-state index contributed by atoms with van der Waals surface area (Å²) in [5, 5.41) is 5.79. The largest absolute Gasteiger partial charge is 0.379 e. The molecule has 168 valence electrons. The predicted octanol–water partition coefficient (Wildman–Crippen LogP) is 4.94. The Hall–Kier alpha value is -3.04. The number of imidazole rings is 1. The Bertz CT molecular complexity index is 1220. The van der Waals surface area contributed by atoms with E-state index in [2.05, 4.69) is 37.3 Å². The fourth-order valence-electron chi connectivity index (χ4n) is 3.73. The van der Waals surface area contributed by atoms with Gasteiger partial charge < -0.3 is 9.72 Å². The van der Waals surface area contributed by atoms with Gasteiger partial charge in [-0.1, -0.05) is 48.0 Å². The Morgan fingerprint density at radius 1 is 1.09 bits per heavy atom. The minimum Gasteiger partial charge on any atom is -0.379 e. The lowest BCUT2D eigenvalue weighted by molar-refractivity contribution is 0.0342. The van der Waals surface area contributed by atoms with Gasteiger partial charge in [-0.3, -0.25) is 15.0 Å². The van der Waals surface area contributed by atoms with Gasteiger partial charge in [-0.2, -0.15) is 0 Å².